The molecule has 3 aromatic rings. The molecule has 0 amide bonds. The Labute approximate surface area is 118 Å². The number of nitrogens with zero attached hydrogens (tertiary/aromatic N) is 2. The molecule has 0 saturated carbocycles. The minimum atomic E-state index is 0.805. The smallest absolute Gasteiger partial charge is 0.0568 e. The van der Waals surface area contributed by atoms with Crippen LogP contribution in [0.2, 0.25) is 0 Å². The lowest BCUT2D eigenvalue weighted by molar-refractivity contribution is 0.615. The third-order valence-corrected chi connectivity index (χ3v) is 3.35. The predicted molar refractivity (Wildman–Crippen MR) is 82.2 cm³/mol. The highest BCUT2D eigenvalue weighted by Crippen LogP contribution is 2.17. The van der Waals surface area contributed by atoms with E-state index in [1.54, 1.807) is 0 Å². The zero-order valence-electron chi connectivity index (χ0n) is 11.2. The fraction of sp³-hybridized carbons (Fsp3) is 0.118. The lowest BCUT2D eigenvalue weighted by atomic mass is 10.1. The number of aryl methyl sites for hydroxylation is 2. The van der Waals surface area contributed by atoms with Gasteiger partial charge in [-0.25, -0.2) is 0 Å². The number of hydrogen-bond acceptors (Lipinski definition) is 2. The summed E-state index contributed by atoms with van der Waals surface area (Å²) in [6.45, 7) is 0.872. The van der Waals surface area contributed by atoms with Crippen molar-refractivity contribution in [2.75, 3.05) is 5.73 Å². The second-order valence-electron chi connectivity index (χ2n) is 4.85. The monoisotopic (exact) mass is 263 g/mol. The number of nitrogen functional groups attached to an aromatic ring is 1. The van der Waals surface area contributed by atoms with Crippen LogP contribution in [0.1, 0.15) is 5.56 Å². The van der Waals surface area contributed by atoms with Crippen LogP contribution in [0.4, 0.5) is 5.69 Å². The summed E-state index contributed by atoms with van der Waals surface area (Å²) >= 11 is 0. The first-order valence-electron chi connectivity index (χ1n) is 6.73. The maximum absolute atomic E-state index is 5.68. The minimum Gasteiger partial charge on any atom is -0.399 e. The van der Waals surface area contributed by atoms with Gasteiger partial charge in [0.15, 0.2) is 0 Å². The molecule has 1 heterocycles. The van der Waals surface area contributed by atoms with Crippen LogP contribution in [0, 0.1) is 0 Å². The molecule has 2 aromatic carbocycles. The SMILES string of the molecule is Nc1ccc(CCn2cc(-c3ccccc3)cn2)cc1. The molecule has 0 aliphatic rings. The third kappa shape index (κ3) is 2.88. The summed E-state index contributed by atoms with van der Waals surface area (Å²) < 4.78 is 1.98. The maximum atomic E-state index is 5.68. The quantitative estimate of drug-likeness (QED) is 0.733. The fourth-order valence-electron chi connectivity index (χ4n) is 2.19. The molecule has 100 valence electrons. The van der Waals surface area contributed by atoms with E-state index in [0.29, 0.717) is 0 Å². The second-order valence-corrected chi connectivity index (χ2v) is 4.85. The summed E-state index contributed by atoms with van der Waals surface area (Å²) in [5.41, 5.74) is 10.1. The molecule has 3 rings (SSSR count). The van der Waals surface area contributed by atoms with Gasteiger partial charge in [0.1, 0.15) is 0 Å². The molecule has 0 aliphatic carbocycles. The normalized spacial score (nSPS) is 10.6. The van der Waals surface area contributed by atoms with Crippen molar-refractivity contribution in [3.8, 4) is 11.1 Å². The van der Waals surface area contributed by atoms with Crippen molar-refractivity contribution in [1.29, 1.82) is 0 Å². The molecule has 0 spiro atoms. The van der Waals surface area contributed by atoms with Gasteiger partial charge in [-0.3, -0.25) is 4.68 Å². The number of benzene rings is 2. The van der Waals surface area contributed by atoms with E-state index in [4.69, 9.17) is 5.73 Å². The average Bonchev–Trinajstić information content (AvgIpc) is 2.97. The molecule has 3 nitrogen and oxygen atoms in total. The summed E-state index contributed by atoms with van der Waals surface area (Å²) in [5, 5.41) is 4.42. The maximum Gasteiger partial charge on any atom is 0.0568 e. The second kappa shape index (κ2) is 5.61. The van der Waals surface area contributed by atoms with Gasteiger partial charge in [0.2, 0.25) is 0 Å². The van der Waals surface area contributed by atoms with E-state index in [-0.39, 0.29) is 0 Å². The van der Waals surface area contributed by atoms with Crippen molar-refractivity contribution in [2.45, 2.75) is 13.0 Å². The molecule has 0 atom stereocenters. The Morgan fingerprint density at radius 2 is 1.65 bits per heavy atom. The van der Waals surface area contributed by atoms with Gasteiger partial charge < -0.3 is 5.73 Å². The molecule has 2 N–H and O–H groups in total. The summed E-state index contributed by atoms with van der Waals surface area (Å²) in [6, 6.07) is 18.3. The lowest BCUT2D eigenvalue weighted by Gasteiger charge is -2.02. The van der Waals surface area contributed by atoms with E-state index in [1.165, 1.54) is 11.1 Å². The number of rotatable bonds is 4. The number of anilines is 1. The van der Waals surface area contributed by atoms with Crippen LogP contribution in [0.25, 0.3) is 11.1 Å². The number of aromatic nitrogens is 2. The van der Waals surface area contributed by atoms with Gasteiger partial charge >= 0.3 is 0 Å². The average molecular weight is 263 g/mol. The molecule has 0 saturated heterocycles. The first-order valence-corrected chi connectivity index (χ1v) is 6.73. The molecule has 0 fully saturated rings. The van der Waals surface area contributed by atoms with E-state index in [0.717, 1.165) is 24.2 Å². The highest BCUT2D eigenvalue weighted by Gasteiger charge is 2.01. The molecule has 0 unspecified atom stereocenters. The van der Waals surface area contributed by atoms with Gasteiger partial charge in [0.05, 0.1) is 6.20 Å². The summed E-state index contributed by atoms with van der Waals surface area (Å²) in [7, 11) is 0. The van der Waals surface area contributed by atoms with Gasteiger partial charge in [-0.1, -0.05) is 42.5 Å². The highest BCUT2D eigenvalue weighted by atomic mass is 15.3. The molecule has 20 heavy (non-hydrogen) atoms. The number of nitrogens with two attached hydrogens (primary N) is 1. The van der Waals surface area contributed by atoms with Gasteiger partial charge in [0.25, 0.3) is 0 Å². The Morgan fingerprint density at radius 3 is 2.40 bits per heavy atom. The van der Waals surface area contributed by atoms with E-state index in [9.17, 15) is 0 Å². The van der Waals surface area contributed by atoms with Crippen LogP contribution >= 0.6 is 0 Å². The van der Waals surface area contributed by atoms with Crippen molar-refractivity contribution >= 4 is 5.69 Å². The van der Waals surface area contributed by atoms with Crippen molar-refractivity contribution in [2.24, 2.45) is 0 Å². The largest absolute Gasteiger partial charge is 0.399 e. The number of hydrogen-bond donors (Lipinski definition) is 1. The van der Waals surface area contributed by atoms with Gasteiger partial charge in [0, 0.05) is 24.0 Å². The lowest BCUT2D eigenvalue weighted by Crippen LogP contribution is -2.01. The molecule has 0 bridgehead atoms. The first-order chi connectivity index (χ1) is 9.81. The molecule has 0 aliphatic heterocycles. The predicted octanol–water partition coefficient (Wildman–Crippen LogP) is 3.38. The van der Waals surface area contributed by atoms with E-state index in [1.807, 2.05) is 41.2 Å². The summed E-state index contributed by atoms with van der Waals surface area (Å²) in [4.78, 5) is 0. The van der Waals surface area contributed by atoms with Crippen molar-refractivity contribution in [3.05, 3.63) is 72.6 Å². The topological polar surface area (TPSA) is 43.8 Å². The van der Waals surface area contributed by atoms with Gasteiger partial charge in [-0.15, -0.1) is 0 Å². The zero-order valence-corrected chi connectivity index (χ0v) is 11.2. The van der Waals surface area contributed by atoms with Crippen LogP contribution < -0.4 is 5.73 Å². The fourth-order valence-corrected chi connectivity index (χ4v) is 2.19. The van der Waals surface area contributed by atoms with E-state index in [2.05, 4.69) is 35.6 Å². The standard InChI is InChI=1S/C17H17N3/c18-17-8-6-14(7-9-17)10-11-20-13-16(12-19-20)15-4-2-1-3-5-15/h1-9,12-13H,10-11,18H2. The van der Waals surface area contributed by atoms with Crippen LogP contribution in [0.15, 0.2) is 67.0 Å². The Kier molecular flexibility index (Phi) is 3.50. The Bertz CT molecular complexity index is 669. The van der Waals surface area contributed by atoms with Crippen LogP contribution in [-0.2, 0) is 13.0 Å². The van der Waals surface area contributed by atoms with Crippen LogP contribution in [0.5, 0.6) is 0 Å². The molecular formula is C17H17N3. The Hall–Kier alpha value is -2.55. The minimum absolute atomic E-state index is 0.805. The highest BCUT2D eigenvalue weighted by molar-refractivity contribution is 5.61. The van der Waals surface area contributed by atoms with E-state index < -0.39 is 0 Å². The van der Waals surface area contributed by atoms with Crippen molar-refractivity contribution < 1.29 is 0 Å². The Balaban J connectivity index is 1.67. The third-order valence-electron chi connectivity index (χ3n) is 3.35. The van der Waals surface area contributed by atoms with E-state index >= 15 is 0 Å². The summed E-state index contributed by atoms with van der Waals surface area (Å²) in [5.74, 6) is 0. The van der Waals surface area contributed by atoms with Gasteiger partial charge in [-0.2, -0.15) is 5.10 Å². The van der Waals surface area contributed by atoms with Crippen molar-refractivity contribution in [1.82, 2.24) is 9.78 Å². The molecule has 1 aromatic heterocycles. The first kappa shape index (κ1) is 12.5. The Morgan fingerprint density at radius 1 is 0.900 bits per heavy atom. The molecule has 0 radical (unpaired) electrons. The molecular weight excluding hydrogens is 246 g/mol. The van der Waals surface area contributed by atoms with Crippen molar-refractivity contribution in [3.63, 3.8) is 0 Å². The van der Waals surface area contributed by atoms with Crippen LogP contribution in [-0.4, -0.2) is 9.78 Å². The zero-order chi connectivity index (χ0) is 13.8. The summed E-state index contributed by atoms with van der Waals surface area (Å²) in [6.07, 6.45) is 4.96. The van der Waals surface area contributed by atoms with Gasteiger partial charge in [-0.05, 0) is 29.7 Å². The van der Waals surface area contributed by atoms with Crippen LogP contribution in [0.3, 0.4) is 0 Å². The molecule has 3 heteroatoms.